The van der Waals surface area contributed by atoms with Crippen molar-refractivity contribution in [2.75, 3.05) is 5.75 Å². The second-order valence-corrected chi connectivity index (χ2v) is 6.92. The molecule has 2 aromatic rings. The first-order valence-corrected chi connectivity index (χ1v) is 8.26. The average molecular weight is 300 g/mol. The third-order valence-electron chi connectivity index (χ3n) is 3.54. The van der Waals surface area contributed by atoms with E-state index < -0.39 is 10.8 Å². The van der Waals surface area contributed by atoms with Crippen LogP contribution in [-0.2, 0) is 10.8 Å². The first kappa shape index (κ1) is 15.6. The molecule has 0 aromatic heterocycles. The number of ketones is 1. The van der Waals surface area contributed by atoms with E-state index in [2.05, 4.69) is 0 Å². The van der Waals surface area contributed by atoms with Gasteiger partial charge in [0.1, 0.15) is 0 Å². The Morgan fingerprint density at radius 3 is 2.14 bits per heavy atom. The Balaban J connectivity index is 2.25. The Labute approximate surface area is 128 Å². The van der Waals surface area contributed by atoms with Crippen molar-refractivity contribution in [1.82, 2.24) is 0 Å². The van der Waals surface area contributed by atoms with Gasteiger partial charge < -0.3 is 0 Å². The molecule has 1 unspecified atom stereocenters. The van der Waals surface area contributed by atoms with Gasteiger partial charge in [0.2, 0.25) is 0 Å². The molecule has 0 aliphatic carbocycles. The van der Waals surface area contributed by atoms with Crippen LogP contribution >= 0.6 is 0 Å². The third kappa shape index (κ3) is 3.67. The Morgan fingerprint density at radius 2 is 1.48 bits per heavy atom. The molecular weight excluding hydrogens is 280 g/mol. The van der Waals surface area contributed by atoms with Crippen LogP contribution in [0.15, 0.2) is 41.3 Å². The quantitative estimate of drug-likeness (QED) is 0.802. The molecule has 2 nitrogen and oxygen atoms in total. The molecule has 0 amide bonds. The van der Waals surface area contributed by atoms with Gasteiger partial charge in [0.15, 0.2) is 5.78 Å². The molecule has 0 bridgehead atoms. The van der Waals surface area contributed by atoms with Crippen molar-refractivity contribution in [2.45, 2.75) is 32.6 Å². The summed E-state index contributed by atoms with van der Waals surface area (Å²) in [5, 5.41) is 0. The van der Waals surface area contributed by atoms with E-state index >= 15 is 0 Å². The SMILES string of the molecule is Cc1ccc(C)c(C(=O)CS(=O)c2cc(C)ccc2C)c1. The van der Waals surface area contributed by atoms with Gasteiger partial charge in [-0.1, -0.05) is 29.8 Å². The molecule has 0 aliphatic rings. The van der Waals surface area contributed by atoms with Crippen molar-refractivity contribution in [3.8, 4) is 0 Å². The van der Waals surface area contributed by atoms with Crippen molar-refractivity contribution in [3.05, 3.63) is 64.2 Å². The zero-order chi connectivity index (χ0) is 15.6. The monoisotopic (exact) mass is 300 g/mol. The van der Waals surface area contributed by atoms with Crippen molar-refractivity contribution in [3.63, 3.8) is 0 Å². The fourth-order valence-corrected chi connectivity index (χ4v) is 3.56. The van der Waals surface area contributed by atoms with Gasteiger partial charge in [0, 0.05) is 10.5 Å². The van der Waals surface area contributed by atoms with Crippen LogP contribution in [0.4, 0.5) is 0 Å². The van der Waals surface area contributed by atoms with Gasteiger partial charge in [-0.15, -0.1) is 0 Å². The predicted octanol–water partition coefficient (Wildman–Crippen LogP) is 3.91. The predicted molar refractivity (Wildman–Crippen MR) is 87.4 cm³/mol. The summed E-state index contributed by atoms with van der Waals surface area (Å²) in [6.07, 6.45) is 0. The summed E-state index contributed by atoms with van der Waals surface area (Å²) in [7, 11) is -1.30. The second-order valence-electron chi connectivity index (χ2n) is 5.50. The summed E-state index contributed by atoms with van der Waals surface area (Å²) in [5.74, 6) is -0.0235. The summed E-state index contributed by atoms with van der Waals surface area (Å²) >= 11 is 0. The van der Waals surface area contributed by atoms with Gasteiger partial charge >= 0.3 is 0 Å². The van der Waals surface area contributed by atoms with Crippen LogP contribution in [-0.4, -0.2) is 15.7 Å². The van der Waals surface area contributed by atoms with Crippen LogP contribution in [0.5, 0.6) is 0 Å². The van der Waals surface area contributed by atoms with Gasteiger partial charge in [0.25, 0.3) is 0 Å². The van der Waals surface area contributed by atoms with Gasteiger partial charge in [-0.3, -0.25) is 9.00 Å². The van der Waals surface area contributed by atoms with E-state index in [-0.39, 0.29) is 11.5 Å². The number of aryl methyl sites for hydroxylation is 4. The Kier molecular flexibility index (Phi) is 4.73. The molecule has 0 radical (unpaired) electrons. The summed E-state index contributed by atoms with van der Waals surface area (Å²) in [4.78, 5) is 13.2. The normalized spacial score (nSPS) is 12.2. The Hall–Kier alpha value is -1.74. The molecule has 0 heterocycles. The van der Waals surface area contributed by atoms with Crippen LogP contribution in [0.25, 0.3) is 0 Å². The molecule has 0 N–H and O–H groups in total. The highest BCUT2D eigenvalue weighted by atomic mass is 32.2. The third-order valence-corrected chi connectivity index (χ3v) is 5.00. The van der Waals surface area contributed by atoms with E-state index in [1.807, 2.05) is 64.1 Å². The number of hydrogen-bond acceptors (Lipinski definition) is 2. The molecule has 2 aromatic carbocycles. The van der Waals surface area contributed by atoms with E-state index in [1.165, 1.54) is 0 Å². The summed E-state index contributed by atoms with van der Waals surface area (Å²) < 4.78 is 12.5. The molecule has 0 fully saturated rings. The molecule has 0 saturated heterocycles. The number of carbonyl (C=O) groups excluding carboxylic acids is 1. The minimum absolute atomic E-state index is 0.0363. The maximum Gasteiger partial charge on any atom is 0.175 e. The lowest BCUT2D eigenvalue weighted by Gasteiger charge is -2.09. The number of hydrogen-bond donors (Lipinski definition) is 0. The van der Waals surface area contributed by atoms with Gasteiger partial charge in [-0.2, -0.15) is 0 Å². The zero-order valence-electron chi connectivity index (χ0n) is 12.9. The number of rotatable bonds is 4. The molecule has 0 aliphatic heterocycles. The molecular formula is C18H20O2S. The van der Waals surface area contributed by atoms with Crippen molar-refractivity contribution in [1.29, 1.82) is 0 Å². The van der Waals surface area contributed by atoms with E-state index in [9.17, 15) is 9.00 Å². The van der Waals surface area contributed by atoms with Gasteiger partial charge in [0.05, 0.1) is 16.6 Å². The molecule has 3 heteroatoms. The lowest BCUT2D eigenvalue weighted by molar-refractivity contribution is 0.102. The number of benzene rings is 2. The fourth-order valence-electron chi connectivity index (χ4n) is 2.26. The first-order chi connectivity index (χ1) is 9.88. The largest absolute Gasteiger partial charge is 0.293 e. The Morgan fingerprint density at radius 1 is 0.905 bits per heavy atom. The van der Waals surface area contributed by atoms with Crippen molar-refractivity contribution >= 4 is 16.6 Å². The number of carbonyl (C=O) groups is 1. The zero-order valence-corrected chi connectivity index (χ0v) is 13.7. The van der Waals surface area contributed by atoms with Crippen molar-refractivity contribution < 1.29 is 9.00 Å². The summed E-state index contributed by atoms with van der Waals surface area (Å²) in [6.45, 7) is 7.76. The molecule has 110 valence electrons. The number of Topliss-reactive ketones (excluding diaryl/α,β-unsaturated/α-hetero) is 1. The molecule has 0 spiro atoms. The maximum absolute atomic E-state index is 12.5. The highest BCUT2D eigenvalue weighted by Gasteiger charge is 2.16. The van der Waals surface area contributed by atoms with Crippen molar-refractivity contribution in [2.24, 2.45) is 0 Å². The van der Waals surface area contributed by atoms with Crippen LogP contribution < -0.4 is 0 Å². The maximum atomic E-state index is 12.5. The molecule has 1 atom stereocenters. The van der Waals surface area contributed by atoms with Crippen LogP contribution in [0, 0.1) is 27.7 Å². The fraction of sp³-hybridized carbons (Fsp3) is 0.278. The topological polar surface area (TPSA) is 34.1 Å². The average Bonchev–Trinajstić information content (AvgIpc) is 2.43. The van der Waals surface area contributed by atoms with E-state index in [4.69, 9.17) is 0 Å². The minimum atomic E-state index is -1.30. The Bertz CT molecular complexity index is 656. The smallest absolute Gasteiger partial charge is 0.175 e. The summed E-state index contributed by atoms with van der Waals surface area (Å²) in [6, 6.07) is 11.6. The standard InChI is InChI=1S/C18H20O2S/c1-12-5-7-14(3)16(9-12)17(19)11-21(20)18-10-13(2)6-8-15(18)4/h5-10H,11H2,1-4H3. The van der Waals surface area contributed by atoms with Crippen LogP contribution in [0.1, 0.15) is 32.6 Å². The summed E-state index contributed by atoms with van der Waals surface area (Å²) in [5.41, 5.74) is 4.68. The lowest BCUT2D eigenvalue weighted by atomic mass is 10.0. The first-order valence-electron chi connectivity index (χ1n) is 6.94. The van der Waals surface area contributed by atoms with Gasteiger partial charge in [-0.05, 0) is 56.5 Å². The van der Waals surface area contributed by atoms with E-state index in [0.717, 1.165) is 27.1 Å². The van der Waals surface area contributed by atoms with Gasteiger partial charge in [-0.25, -0.2) is 0 Å². The van der Waals surface area contributed by atoms with Crippen LogP contribution in [0.2, 0.25) is 0 Å². The highest BCUT2D eigenvalue weighted by molar-refractivity contribution is 7.85. The molecule has 0 saturated carbocycles. The van der Waals surface area contributed by atoms with E-state index in [1.54, 1.807) is 0 Å². The highest BCUT2D eigenvalue weighted by Crippen LogP contribution is 2.18. The van der Waals surface area contributed by atoms with E-state index in [0.29, 0.717) is 5.56 Å². The lowest BCUT2D eigenvalue weighted by Crippen LogP contribution is -2.13. The second kappa shape index (κ2) is 6.35. The molecule has 2 rings (SSSR count). The minimum Gasteiger partial charge on any atom is -0.293 e. The van der Waals surface area contributed by atoms with Crippen LogP contribution in [0.3, 0.4) is 0 Å². The molecule has 21 heavy (non-hydrogen) atoms.